The van der Waals surface area contributed by atoms with Gasteiger partial charge in [0.2, 0.25) is 5.95 Å². The molecular formula is C25H31N7O2. The number of nitrogens with zero attached hydrogens (tertiary/aromatic N) is 3. The van der Waals surface area contributed by atoms with Gasteiger partial charge >= 0.3 is 0 Å². The van der Waals surface area contributed by atoms with Crippen LogP contribution in [0.2, 0.25) is 0 Å². The number of carbonyl (C=O) groups excluding carboxylic acids is 2. The molecule has 0 atom stereocenters. The minimum absolute atomic E-state index is 0.120. The summed E-state index contributed by atoms with van der Waals surface area (Å²) >= 11 is 0. The van der Waals surface area contributed by atoms with E-state index >= 15 is 0 Å². The molecule has 0 aliphatic rings. The zero-order chi connectivity index (χ0) is 24.5. The van der Waals surface area contributed by atoms with Gasteiger partial charge in [0.1, 0.15) is 11.4 Å². The Morgan fingerprint density at radius 2 is 1.56 bits per heavy atom. The first-order valence-electron chi connectivity index (χ1n) is 11.3. The summed E-state index contributed by atoms with van der Waals surface area (Å²) in [6.45, 7) is 9.52. The average Bonchev–Trinajstić information content (AvgIpc) is 2.83. The van der Waals surface area contributed by atoms with E-state index in [1.165, 1.54) is 6.20 Å². The van der Waals surface area contributed by atoms with Gasteiger partial charge in [-0.3, -0.25) is 9.59 Å². The lowest BCUT2D eigenvalue weighted by Gasteiger charge is -2.18. The number of nitrogens with one attached hydrogen (secondary N) is 3. The largest absolute Gasteiger partial charge is 0.365 e. The Hall–Kier alpha value is -3.98. The number of anilines is 4. The smallest absolute Gasteiger partial charge is 0.254 e. The van der Waals surface area contributed by atoms with Crippen LogP contribution in [0.4, 0.5) is 23.1 Å². The SMILES string of the molecule is CCN(CC)CCNC(=O)c1ccc(Nc2ncc(C(N)=O)c(Nc3ccc(C)cc3)n2)cc1. The molecule has 34 heavy (non-hydrogen) atoms. The molecule has 0 radical (unpaired) electrons. The third kappa shape index (κ3) is 6.76. The topological polar surface area (TPSA) is 125 Å². The number of amides is 2. The summed E-state index contributed by atoms with van der Waals surface area (Å²) in [5.41, 5.74) is 8.83. The highest BCUT2D eigenvalue weighted by Crippen LogP contribution is 2.22. The Labute approximate surface area is 199 Å². The molecule has 9 nitrogen and oxygen atoms in total. The van der Waals surface area contributed by atoms with Crippen molar-refractivity contribution >= 4 is 35.0 Å². The summed E-state index contributed by atoms with van der Waals surface area (Å²) in [6.07, 6.45) is 1.38. The first-order valence-corrected chi connectivity index (χ1v) is 11.3. The molecule has 0 saturated heterocycles. The van der Waals surface area contributed by atoms with Crippen molar-refractivity contribution in [1.82, 2.24) is 20.2 Å². The van der Waals surface area contributed by atoms with E-state index in [1.54, 1.807) is 24.3 Å². The minimum atomic E-state index is -0.627. The van der Waals surface area contributed by atoms with Crippen LogP contribution in [0, 0.1) is 6.92 Å². The molecule has 0 aliphatic carbocycles. The normalized spacial score (nSPS) is 10.7. The second-order valence-corrected chi connectivity index (χ2v) is 7.80. The molecule has 178 valence electrons. The lowest BCUT2D eigenvalue weighted by molar-refractivity contribution is 0.0947. The number of hydrogen-bond acceptors (Lipinski definition) is 7. The molecule has 5 N–H and O–H groups in total. The Balaban J connectivity index is 1.67. The Bertz CT molecular complexity index is 1110. The van der Waals surface area contributed by atoms with Crippen molar-refractivity contribution in [1.29, 1.82) is 0 Å². The van der Waals surface area contributed by atoms with Crippen molar-refractivity contribution in [2.45, 2.75) is 20.8 Å². The van der Waals surface area contributed by atoms with E-state index in [0.717, 1.165) is 30.9 Å². The van der Waals surface area contributed by atoms with Crippen LogP contribution in [0.3, 0.4) is 0 Å². The average molecular weight is 462 g/mol. The standard InChI is InChI=1S/C25H31N7O2/c1-4-32(5-2)15-14-27-24(34)18-8-12-20(13-9-18)30-25-28-16-21(22(26)33)23(31-25)29-19-10-6-17(3)7-11-19/h6-13,16H,4-5,14-15H2,1-3H3,(H2,26,33)(H,27,34)(H2,28,29,30,31). The van der Waals surface area contributed by atoms with Gasteiger partial charge in [-0.25, -0.2) is 4.98 Å². The van der Waals surface area contributed by atoms with Gasteiger partial charge in [0.05, 0.1) is 0 Å². The van der Waals surface area contributed by atoms with Crippen molar-refractivity contribution in [3.8, 4) is 0 Å². The van der Waals surface area contributed by atoms with Crippen LogP contribution >= 0.6 is 0 Å². The summed E-state index contributed by atoms with van der Waals surface area (Å²) in [7, 11) is 0. The maximum absolute atomic E-state index is 12.4. The van der Waals surface area contributed by atoms with E-state index in [0.29, 0.717) is 23.6 Å². The maximum Gasteiger partial charge on any atom is 0.254 e. The zero-order valence-electron chi connectivity index (χ0n) is 19.8. The van der Waals surface area contributed by atoms with Gasteiger partial charge in [0.15, 0.2) is 0 Å². The van der Waals surface area contributed by atoms with Gasteiger partial charge in [0.25, 0.3) is 11.8 Å². The summed E-state index contributed by atoms with van der Waals surface area (Å²) in [6, 6.07) is 14.7. The van der Waals surface area contributed by atoms with Crippen molar-refractivity contribution in [2.24, 2.45) is 5.73 Å². The van der Waals surface area contributed by atoms with Crippen molar-refractivity contribution in [3.63, 3.8) is 0 Å². The molecule has 0 saturated carbocycles. The van der Waals surface area contributed by atoms with E-state index in [-0.39, 0.29) is 17.4 Å². The minimum Gasteiger partial charge on any atom is -0.365 e. The van der Waals surface area contributed by atoms with E-state index in [4.69, 9.17) is 5.73 Å². The first-order chi connectivity index (χ1) is 16.4. The highest BCUT2D eigenvalue weighted by Gasteiger charge is 2.13. The highest BCUT2D eigenvalue weighted by atomic mass is 16.2. The monoisotopic (exact) mass is 461 g/mol. The second-order valence-electron chi connectivity index (χ2n) is 7.80. The fourth-order valence-electron chi connectivity index (χ4n) is 3.29. The molecule has 0 spiro atoms. The molecule has 0 aliphatic heterocycles. The summed E-state index contributed by atoms with van der Waals surface area (Å²) < 4.78 is 0. The van der Waals surface area contributed by atoms with Crippen LogP contribution in [0.1, 0.15) is 40.1 Å². The molecule has 9 heteroatoms. The quantitative estimate of drug-likeness (QED) is 0.345. The fraction of sp³-hybridized carbons (Fsp3) is 0.280. The van der Waals surface area contributed by atoms with Crippen LogP contribution in [0.5, 0.6) is 0 Å². The van der Waals surface area contributed by atoms with E-state index < -0.39 is 5.91 Å². The predicted octanol–water partition coefficient (Wildman–Crippen LogP) is 3.44. The highest BCUT2D eigenvalue weighted by molar-refractivity contribution is 5.98. The van der Waals surface area contributed by atoms with Crippen LogP contribution in [0.25, 0.3) is 0 Å². The molecule has 2 amide bonds. The molecule has 0 fully saturated rings. The number of aromatic nitrogens is 2. The lowest BCUT2D eigenvalue weighted by atomic mass is 10.2. The first kappa shape index (κ1) is 24.7. The number of likely N-dealkylation sites (N-methyl/N-ethyl adjacent to an activating group) is 1. The van der Waals surface area contributed by atoms with Crippen LogP contribution < -0.4 is 21.7 Å². The third-order valence-corrected chi connectivity index (χ3v) is 5.38. The number of nitrogens with two attached hydrogens (primary N) is 1. The van der Waals surface area contributed by atoms with Gasteiger partial charge in [-0.2, -0.15) is 4.98 Å². The van der Waals surface area contributed by atoms with Crippen molar-refractivity contribution in [3.05, 3.63) is 71.4 Å². The van der Waals surface area contributed by atoms with Crippen molar-refractivity contribution < 1.29 is 9.59 Å². The van der Waals surface area contributed by atoms with E-state index in [9.17, 15) is 9.59 Å². The second kappa shape index (κ2) is 11.8. The van der Waals surface area contributed by atoms with Crippen LogP contribution in [-0.2, 0) is 0 Å². The fourth-order valence-corrected chi connectivity index (χ4v) is 3.29. The number of primary amides is 1. The van der Waals surface area contributed by atoms with Gasteiger partial charge in [-0.05, 0) is 56.4 Å². The van der Waals surface area contributed by atoms with Crippen molar-refractivity contribution in [2.75, 3.05) is 36.8 Å². The van der Waals surface area contributed by atoms with E-state index in [2.05, 4.69) is 44.7 Å². The molecule has 0 bridgehead atoms. The van der Waals surface area contributed by atoms with E-state index in [1.807, 2.05) is 31.2 Å². The zero-order valence-corrected chi connectivity index (χ0v) is 19.8. The molecule has 3 aromatic rings. The Kier molecular flexibility index (Phi) is 8.53. The number of benzene rings is 2. The summed E-state index contributed by atoms with van der Waals surface area (Å²) in [4.78, 5) is 35.1. The number of carbonyl (C=O) groups is 2. The van der Waals surface area contributed by atoms with Crippen LogP contribution in [0.15, 0.2) is 54.7 Å². The lowest BCUT2D eigenvalue weighted by Crippen LogP contribution is -2.34. The van der Waals surface area contributed by atoms with Gasteiger partial charge < -0.3 is 26.6 Å². The number of aryl methyl sites for hydroxylation is 1. The molecular weight excluding hydrogens is 430 g/mol. The molecule has 1 aromatic heterocycles. The molecule has 3 rings (SSSR count). The maximum atomic E-state index is 12.4. The number of rotatable bonds is 11. The third-order valence-electron chi connectivity index (χ3n) is 5.38. The summed E-state index contributed by atoms with van der Waals surface area (Å²) in [5, 5.41) is 9.15. The van der Waals surface area contributed by atoms with Crippen LogP contribution in [-0.4, -0.2) is 52.9 Å². The number of hydrogen-bond donors (Lipinski definition) is 4. The van der Waals surface area contributed by atoms with Gasteiger partial charge in [-0.15, -0.1) is 0 Å². The Morgan fingerprint density at radius 3 is 2.18 bits per heavy atom. The molecule has 0 unspecified atom stereocenters. The summed E-state index contributed by atoms with van der Waals surface area (Å²) in [5.74, 6) is -0.156. The Morgan fingerprint density at radius 1 is 0.941 bits per heavy atom. The molecule has 1 heterocycles. The van der Waals surface area contributed by atoms with Gasteiger partial charge in [-0.1, -0.05) is 31.5 Å². The molecule has 2 aromatic carbocycles. The predicted molar refractivity (Wildman–Crippen MR) is 135 cm³/mol. The van der Waals surface area contributed by atoms with Gasteiger partial charge in [0, 0.05) is 36.2 Å².